The molecule has 0 saturated carbocycles. The van der Waals surface area contributed by atoms with Crippen LogP contribution in [0.1, 0.15) is 30.9 Å². The van der Waals surface area contributed by atoms with Crippen molar-refractivity contribution in [3.63, 3.8) is 0 Å². The molecule has 2 aromatic carbocycles. The number of fused-ring (bicyclic) bond motifs is 3. The maximum absolute atomic E-state index is 13.4. The van der Waals surface area contributed by atoms with Gasteiger partial charge in [-0.15, -0.1) is 0 Å². The van der Waals surface area contributed by atoms with Crippen molar-refractivity contribution in [3.05, 3.63) is 71.8 Å². The summed E-state index contributed by atoms with van der Waals surface area (Å²) in [5.74, 6) is 0.136. The molecule has 4 fully saturated rings. The number of hydrogen-bond donors (Lipinski definition) is 0. The maximum Gasteiger partial charge on any atom is 0.340 e. The van der Waals surface area contributed by atoms with Crippen molar-refractivity contribution in [3.8, 4) is 0 Å². The van der Waals surface area contributed by atoms with E-state index in [4.69, 9.17) is 14.2 Å². The average Bonchev–Trinajstić information content (AvgIpc) is 2.81. The first-order valence-corrected chi connectivity index (χ1v) is 10.9. The first-order chi connectivity index (χ1) is 14.6. The van der Waals surface area contributed by atoms with E-state index in [1.165, 1.54) is 0 Å². The Morgan fingerprint density at radius 3 is 2.10 bits per heavy atom. The van der Waals surface area contributed by atoms with Crippen molar-refractivity contribution in [1.29, 1.82) is 0 Å². The third-order valence-corrected chi connectivity index (χ3v) is 6.85. The molecule has 0 aromatic heterocycles. The highest BCUT2D eigenvalue weighted by Crippen LogP contribution is 2.42. The normalized spacial score (nSPS) is 32.5. The number of esters is 1. The van der Waals surface area contributed by atoms with E-state index in [1.807, 2.05) is 60.7 Å². The molecule has 6 rings (SSSR count). The fourth-order valence-corrected chi connectivity index (χ4v) is 5.11. The summed E-state index contributed by atoms with van der Waals surface area (Å²) in [5.41, 5.74) is -0.0879. The third-order valence-electron chi connectivity index (χ3n) is 6.85. The van der Waals surface area contributed by atoms with Gasteiger partial charge in [0.05, 0.1) is 13.2 Å². The monoisotopic (exact) mass is 407 g/mol. The fourth-order valence-electron chi connectivity index (χ4n) is 5.11. The molecular formula is C25H29NO4. The van der Waals surface area contributed by atoms with E-state index >= 15 is 0 Å². The Kier molecular flexibility index (Phi) is 5.13. The van der Waals surface area contributed by atoms with Crippen molar-refractivity contribution in [2.75, 3.05) is 32.8 Å². The number of ether oxygens (including phenoxy) is 3. The van der Waals surface area contributed by atoms with Gasteiger partial charge in [0.2, 0.25) is 0 Å². The van der Waals surface area contributed by atoms with Gasteiger partial charge in [-0.2, -0.15) is 0 Å². The number of hydrogen-bond acceptors (Lipinski definition) is 5. The van der Waals surface area contributed by atoms with E-state index in [0.29, 0.717) is 12.5 Å². The number of benzene rings is 2. The summed E-state index contributed by atoms with van der Waals surface area (Å²) in [7, 11) is 0. The SMILES string of the molecule is C[C@@]1(C(=O)O[C@@H]2CN3CCC2CC3)COCC(c2ccccc2)(c2ccccc2)O1. The fraction of sp³-hybridized carbons (Fsp3) is 0.480. The van der Waals surface area contributed by atoms with Gasteiger partial charge < -0.3 is 14.2 Å². The number of piperidine rings is 3. The molecular weight excluding hydrogens is 378 g/mol. The lowest BCUT2D eigenvalue weighted by atomic mass is 9.84. The van der Waals surface area contributed by atoms with Crippen LogP contribution in [0.3, 0.4) is 0 Å². The van der Waals surface area contributed by atoms with Crippen molar-refractivity contribution in [2.45, 2.75) is 37.1 Å². The summed E-state index contributed by atoms with van der Waals surface area (Å²) in [6.07, 6.45) is 2.15. The highest BCUT2D eigenvalue weighted by atomic mass is 16.6. The molecule has 0 spiro atoms. The molecule has 2 bridgehead atoms. The first kappa shape index (κ1) is 19.7. The summed E-state index contributed by atoms with van der Waals surface area (Å²) in [5, 5.41) is 0. The Balaban J connectivity index is 1.44. The quantitative estimate of drug-likeness (QED) is 0.728. The molecule has 4 saturated heterocycles. The van der Waals surface area contributed by atoms with Crippen molar-refractivity contribution in [1.82, 2.24) is 4.90 Å². The van der Waals surface area contributed by atoms with Gasteiger partial charge in [-0.3, -0.25) is 4.90 Å². The van der Waals surface area contributed by atoms with Crippen LogP contribution in [0.25, 0.3) is 0 Å². The van der Waals surface area contributed by atoms with Crippen LogP contribution in [-0.2, 0) is 24.6 Å². The Morgan fingerprint density at radius 2 is 1.57 bits per heavy atom. The number of carbonyl (C=O) groups is 1. The van der Waals surface area contributed by atoms with E-state index in [-0.39, 0.29) is 18.7 Å². The topological polar surface area (TPSA) is 48.0 Å². The van der Waals surface area contributed by atoms with E-state index < -0.39 is 11.2 Å². The second kappa shape index (κ2) is 7.80. The zero-order valence-electron chi connectivity index (χ0n) is 17.5. The molecule has 0 aliphatic carbocycles. The minimum absolute atomic E-state index is 0.0507. The lowest BCUT2D eigenvalue weighted by Gasteiger charge is -2.48. The van der Waals surface area contributed by atoms with E-state index in [1.54, 1.807) is 6.92 Å². The molecule has 0 amide bonds. The van der Waals surface area contributed by atoms with Gasteiger partial charge >= 0.3 is 5.97 Å². The van der Waals surface area contributed by atoms with Crippen LogP contribution in [0, 0.1) is 5.92 Å². The van der Waals surface area contributed by atoms with Crippen LogP contribution in [-0.4, -0.2) is 55.4 Å². The van der Waals surface area contributed by atoms with Crippen LogP contribution < -0.4 is 0 Å². The van der Waals surface area contributed by atoms with E-state index in [2.05, 4.69) is 4.90 Å². The summed E-state index contributed by atoms with van der Waals surface area (Å²) >= 11 is 0. The second-order valence-corrected chi connectivity index (χ2v) is 8.97. The smallest absolute Gasteiger partial charge is 0.340 e. The molecule has 0 radical (unpaired) electrons. The second-order valence-electron chi connectivity index (χ2n) is 8.97. The maximum atomic E-state index is 13.4. The van der Waals surface area contributed by atoms with Gasteiger partial charge in [-0.05, 0) is 49.9 Å². The largest absolute Gasteiger partial charge is 0.459 e. The Labute approximate surface area is 177 Å². The van der Waals surface area contributed by atoms with E-state index in [9.17, 15) is 4.79 Å². The van der Waals surface area contributed by atoms with E-state index in [0.717, 1.165) is 43.6 Å². The van der Waals surface area contributed by atoms with Gasteiger partial charge in [-0.1, -0.05) is 60.7 Å². The lowest BCUT2D eigenvalue weighted by Crippen LogP contribution is -2.59. The molecule has 4 aliphatic rings. The van der Waals surface area contributed by atoms with Crippen LogP contribution in [0.2, 0.25) is 0 Å². The molecule has 0 N–H and O–H groups in total. The van der Waals surface area contributed by atoms with Gasteiger partial charge in [0.15, 0.2) is 5.60 Å². The Bertz CT molecular complexity index is 839. The molecule has 5 nitrogen and oxygen atoms in total. The number of rotatable bonds is 4. The minimum atomic E-state index is -1.17. The average molecular weight is 408 g/mol. The van der Waals surface area contributed by atoms with Gasteiger partial charge in [0.25, 0.3) is 0 Å². The van der Waals surface area contributed by atoms with Crippen LogP contribution in [0.5, 0.6) is 0 Å². The van der Waals surface area contributed by atoms with Gasteiger partial charge in [0.1, 0.15) is 11.7 Å². The van der Waals surface area contributed by atoms with Crippen LogP contribution >= 0.6 is 0 Å². The van der Waals surface area contributed by atoms with Crippen molar-refractivity contribution < 1.29 is 19.0 Å². The zero-order chi connectivity index (χ0) is 20.6. The van der Waals surface area contributed by atoms with Crippen LogP contribution in [0.15, 0.2) is 60.7 Å². The molecule has 0 unspecified atom stereocenters. The molecule has 4 heterocycles. The predicted octanol–water partition coefficient (Wildman–Crippen LogP) is 3.37. The van der Waals surface area contributed by atoms with Crippen LogP contribution in [0.4, 0.5) is 0 Å². The van der Waals surface area contributed by atoms with Crippen molar-refractivity contribution in [2.24, 2.45) is 5.92 Å². The number of nitrogens with zero attached hydrogens (tertiary/aromatic N) is 1. The zero-order valence-corrected chi connectivity index (χ0v) is 17.5. The standard InChI is InChI=1S/C25H29NO4/c1-24(23(27)29-22-16-26-14-12-19(22)13-15-26)17-28-18-25(30-24,20-8-4-2-5-9-20)21-10-6-3-7-11-21/h2-11,19,22H,12-18H2,1H3/t22-,24+/m1/s1. The molecule has 5 heteroatoms. The molecule has 158 valence electrons. The highest BCUT2D eigenvalue weighted by molar-refractivity contribution is 5.80. The van der Waals surface area contributed by atoms with Gasteiger partial charge in [0, 0.05) is 6.54 Å². The minimum Gasteiger partial charge on any atom is -0.459 e. The van der Waals surface area contributed by atoms with Crippen molar-refractivity contribution >= 4 is 5.97 Å². The molecule has 4 aliphatic heterocycles. The Hall–Kier alpha value is -2.21. The summed E-state index contributed by atoms with van der Waals surface area (Å²) in [6.45, 7) is 5.39. The summed E-state index contributed by atoms with van der Waals surface area (Å²) in [6, 6.07) is 20.0. The molecule has 30 heavy (non-hydrogen) atoms. The summed E-state index contributed by atoms with van der Waals surface area (Å²) < 4.78 is 18.8. The first-order valence-electron chi connectivity index (χ1n) is 10.9. The lowest BCUT2D eigenvalue weighted by molar-refractivity contribution is -0.247. The Morgan fingerprint density at radius 1 is 0.967 bits per heavy atom. The summed E-state index contributed by atoms with van der Waals surface area (Å²) in [4.78, 5) is 15.8. The predicted molar refractivity (Wildman–Crippen MR) is 113 cm³/mol. The molecule has 2 aromatic rings. The highest BCUT2D eigenvalue weighted by Gasteiger charge is 2.52. The van der Waals surface area contributed by atoms with Gasteiger partial charge in [-0.25, -0.2) is 4.79 Å². The third kappa shape index (κ3) is 3.45. The number of carbonyl (C=O) groups excluding carboxylic acids is 1. The molecule has 2 atom stereocenters.